The Bertz CT molecular complexity index is 313. The fourth-order valence-electron chi connectivity index (χ4n) is 2.21. The van der Waals surface area contributed by atoms with Gasteiger partial charge in [0.25, 0.3) is 0 Å². The smallest absolute Gasteiger partial charge is 0.193 e. The topological polar surface area (TPSA) is 42.4 Å². The SMILES string of the molecule is CN1CCC(CN)C1c1ccc(Cl)o1. The highest BCUT2D eigenvalue weighted by molar-refractivity contribution is 6.28. The Morgan fingerprint density at radius 2 is 2.43 bits per heavy atom. The summed E-state index contributed by atoms with van der Waals surface area (Å²) in [5, 5.41) is 0.455. The number of rotatable bonds is 2. The normalized spacial score (nSPS) is 28.5. The number of hydrogen-bond donors (Lipinski definition) is 1. The van der Waals surface area contributed by atoms with Crippen molar-refractivity contribution in [3.63, 3.8) is 0 Å². The zero-order valence-corrected chi connectivity index (χ0v) is 9.00. The second-order valence-corrected chi connectivity index (χ2v) is 4.22. The molecular weight excluding hydrogens is 200 g/mol. The maximum absolute atomic E-state index is 5.76. The molecule has 3 nitrogen and oxygen atoms in total. The van der Waals surface area contributed by atoms with Crippen molar-refractivity contribution in [2.45, 2.75) is 12.5 Å². The highest BCUT2D eigenvalue weighted by Gasteiger charge is 2.34. The van der Waals surface area contributed by atoms with Crippen LogP contribution in [0.25, 0.3) is 0 Å². The van der Waals surface area contributed by atoms with Gasteiger partial charge >= 0.3 is 0 Å². The summed E-state index contributed by atoms with van der Waals surface area (Å²) in [6.45, 7) is 1.78. The maximum Gasteiger partial charge on any atom is 0.193 e. The van der Waals surface area contributed by atoms with Crippen molar-refractivity contribution in [1.82, 2.24) is 4.90 Å². The fourth-order valence-corrected chi connectivity index (χ4v) is 2.36. The second-order valence-electron chi connectivity index (χ2n) is 3.85. The minimum absolute atomic E-state index is 0.299. The van der Waals surface area contributed by atoms with Gasteiger partial charge in [-0.2, -0.15) is 0 Å². The minimum Gasteiger partial charge on any atom is -0.448 e. The summed E-state index contributed by atoms with van der Waals surface area (Å²) in [5.41, 5.74) is 5.73. The summed E-state index contributed by atoms with van der Waals surface area (Å²) in [4.78, 5) is 2.27. The summed E-state index contributed by atoms with van der Waals surface area (Å²) in [5.74, 6) is 1.42. The van der Waals surface area contributed by atoms with Crippen molar-refractivity contribution in [3.8, 4) is 0 Å². The van der Waals surface area contributed by atoms with E-state index in [4.69, 9.17) is 21.8 Å². The Morgan fingerprint density at radius 3 is 3.00 bits per heavy atom. The third-order valence-corrected chi connectivity index (χ3v) is 3.17. The molecule has 0 spiro atoms. The van der Waals surface area contributed by atoms with E-state index in [9.17, 15) is 0 Å². The highest BCUT2D eigenvalue weighted by atomic mass is 35.5. The van der Waals surface area contributed by atoms with Gasteiger partial charge in [-0.1, -0.05) is 0 Å². The number of hydrogen-bond acceptors (Lipinski definition) is 3. The predicted octanol–water partition coefficient (Wildman–Crippen LogP) is 1.88. The van der Waals surface area contributed by atoms with Gasteiger partial charge in [0.1, 0.15) is 5.76 Å². The number of furan rings is 1. The van der Waals surface area contributed by atoms with Crippen LogP contribution >= 0.6 is 11.6 Å². The lowest BCUT2D eigenvalue weighted by molar-refractivity contribution is 0.241. The second kappa shape index (κ2) is 3.93. The molecule has 2 unspecified atom stereocenters. The lowest BCUT2D eigenvalue weighted by Crippen LogP contribution is -2.24. The largest absolute Gasteiger partial charge is 0.448 e. The Morgan fingerprint density at radius 1 is 1.64 bits per heavy atom. The molecule has 0 amide bonds. The molecule has 0 aromatic carbocycles. The van der Waals surface area contributed by atoms with Crippen LogP contribution in [-0.4, -0.2) is 25.0 Å². The first-order valence-electron chi connectivity index (χ1n) is 4.88. The molecule has 14 heavy (non-hydrogen) atoms. The van der Waals surface area contributed by atoms with Crippen LogP contribution in [0, 0.1) is 5.92 Å². The Kier molecular flexibility index (Phi) is 2.81. The van der Waals surface area contributed by atoms with Crippen molar-refractivity contribution in [2.24, 2.45) is 11.7 Å². The van der Waals surface area contributed by atoms with Crippen molar-refractivity contribution >= 4 is 11.6 Å². The average Bonchev–Trinajstić information content (AvgIpc) is 2.71. The molecule has 2 heterocycles. The van der Waals surface area contributed by atoms with Gasteiger partial charge in [0.15, 0.2) is 5.22 Å². The van der Waals surface area contributed by atoms with Gasteiger partial charge in [-0.05, 0) is 56.2 Å². The van der Waals surface area contributed by atoms with E-state index in [1.807, 2.05) is 6.07 Å². The summed E-state index contributed by atoms with van der Waals surface area (Å²) < 4.78 is 5.44. The quantitative estimate of drug-likeness (QED) is 0.818. The lowest BCUT2D eigenvalue weighted by Gasteiger charge is -2.21. The molecule has 1 aliphatic rings. The summed E-state index contributed by atoms with van der Waals surface area (Å²) in [6.07, 6.45) is 1.13. The molecule has 2 rings (SSSR count). The van der Waals surface area contributed by atoms with E-state index in [1.165, 1.54) is 0 Å². The van der Waals surface area contributed by atoms with Gasteiger partial charge in [0.05, 0.1) is 6.04 Å². The Balaban J connectivity index is 2.22. The van der Waals surface area contributed by atoms with E-state index in [0.29, 0.717) is 23.7 Å². The summed E-state index contributed by atoms with van der Waals surface area (Å²) >= 11 is 5.76. The van der Waals surface area contributed by atoms with Crippen LogP contribution in [0.5, 0.6) is 0 Å². The first kappa shape index (κ1) is 10.0. The van der Waals surface area contributed by atoms with Crippen LogP contribution in [0.1, 0.15) is 18.2 Å². The fraction of sp³-hybridized carbons (Fsp3) is 0.600. The highest BCUT2D eigenvalue weighted by Crippen LogP contribution is 2.36. The van der Waals surface area contributed by atoms with Gasteiger partial charge in [-0.3, -0.25) is 4.90 Å². The van der Waals surface area contributed by atoms with Crippen LogP contribution in [-0.2, 0) is 0 Å². The number of nitrogens with zero attached hydrogens (tertiary/aromatic N) is 1. The molecule has 0 radical (unpaired) electrons. The van der Waals surface area contributed by atoms with Crippen LogP contribution in [0.2, 0.25) is 5.22 Å². The molecule has 1 aromatic heterocycles. The van der Waals surface area contributed by atoms with Crippen LogP contribution in [0.4, 0.5) is 0 Å². The van der Waals surface area contributed by atoms with Gasteiger partial charge in [-0.25, -0.2) is 0 Å². The molecule has 1 aromatic rings. The molecule has 4 heteroatoms. The third-order valence-electron chi connectivity index (χ3n) is 2.96. The van der Waals surface area contributed by atoms with Crippen molar-refractivity contribution in [3.05, 3.63) is 23.1 Å². The summed E-state index contributed by atoms with van der Waals surface area (Å²) in [6, 6.07) is 4.03. The zero-order chi connectivity index (χ0) is 10.1. The van der Waals surface area contributed by atoms with Crippen LogP contribution in [0.3, 0.4) is 0 Å². The van der Waals surface area contributed by atoms with Crippen molar-refractivity contribution < 1.29 is 4.42 Å². The van der Waals surface area contributed by atoms with Gasteiger partial charge in [0, 0.05) is 0 Å². The Labute approximate surface area is 88.8 Å². The van der Waals surface area contributed by atoms with Crippen LogP contribution in [0.15, 0.2) is 16.5 Å². The van der Waals surface area contributed by atoms with Crippen molar-refractivity contribution in [2.75, 3.05) is 20.1 Å². The number of nitrogens with two attached hydrogens (primary N) is 1. The minimum atomic E-state index is 0.299. The van der Waals surface area contributed by atoms with E-state index in [1.54, 1.807) is 6.07 Å². The zero-order valence-electron chi connectivity index (χ0n) is 8.24. The van der Waals surface area contributed by atoms with Gasteiger partial charge in [-0.15, -0.1) is 0 Å². The van der Waals surface area contributed by atoms with Crippen LogP contribution < -0.4 is 5.73 Å². The molecular formula is C10H15ClN2O. The molecule has 2 N–H and O–H groups in total. The average molecular weight is 215 g/mol. The number of halogens is 1. The molecule has 0 saturated carbocycles. The van der Waals surface area contributed by atoms with E-state index >= 15 is 0 Å². The first-order chi connectivity index (χ1) is 6.72. The summed E-state index contributed by atoms with van der Waals surface area (Å²) in [7, 11) is 2.09. The molecule has 0 bridgehead atoms. The van der Waals surface area contributed by atoms with Gasteiger partial charge in [0.2, 0.25) is 0 Å². The van der Waals surface area contributed by atoms with Crippen molar-refractivity contribution in [1.29, 1.82) is 0 Å². The van der Waals surface area contributed by atoms with E-state index in [2.05, 4.69) is 11.9 Å². The molecule has 2 atom stereocenters. The molecule has 78 valence electrons. The number of likely N-dealkylation sites (tertiary alicyclic amines) is 1. The van der Waals surface area contributed by atoms with E-state index in [-0.39, 0.29) is 0 Å². The molecule has 1 aliphatic heterocycles. The molecule has 1 saturated heterocycles. The predicted molar refractivity (Wildman–Crippen MR) is 56.3 cm³/mol. The van der Waals surface area contributed by atoms with E-state index in [0.717, 1.165) is 18.7 Å². The first-order valence-corrected chi connectivity index (χ1v) is 5.25. The Hall–Kier alpha value is -0.510. The van der Waals surface area contributed by atoms with Gasteiger partial charge < -0.3 is 10.2 Å². The maximum atomic E-state index is 5.76. The lowest BCUT2D eigenvalue weighted by atomic mass is 9.99. The monoisotopic (exact) mass is 214 g/mol. The molecule has 1 fully saturated rings. The third kappa shape index (κ3) is 1.67. The molecule has 0 aliphatic carbocycles. The van der Waals surface area contributed by atoms with E-state index < -0.39 is 0 Å². The standard InChI is InChI=1S/C10H15ClN2O/c1-13-5-4-7(6-12)10(13)8-2-3-9(11)14-8/h2-3,7,10H,4-6,12H2,1H3.